The number of carbonyl (C=O) groups is 2. The fourth-order valence-electron chi connectivity index (χ4n) is 1.33. The summed E-state index contributed by atoms with van der Waals surface area (Å²) in [6.07, 6.45) is 1.83. The normalized spacial score (nSPS) is 12.2. The van der Waals surface area contributed by atoms with Gasteiger partial charge in [-0.05, 0) is 33.1 Å². The van der Waals surface area contributed by atoms with Crippen molar-refractivity contribution in [2.45, 2.75) is 39.7 Å². The molecule has 0 bridgehead atoms. The Morgan fingerprint density at radius 1 is 1.35 bits per heavy atom. The van der Waals surface area contributed by atoms with Crippen molar-refractivity contribution in [2.24, 2.45) is 5.92 Å². The molecule has 0 saturated heterocycles. The number of amides is 1. The Hall–Kier alpha value is -1.78. The van der Waals surface area contributed by atoms with Gasteiger partial charge in [0.2, 0.25) is 0 Å². The van der Waals surface area contributed by atoms with Crippen LogP contribution in [0.25, 0.3) is 0 Å². The number of carbonyl (C=O) groups excluding carboxylic acids is 2. The van der Waals surface area contributed by atoms with Crippen LogP contribution in [0.1, 0.15) is 34.1 Å². The smallest absolute Gasteiger partial charge is 0.415 e. The topological polar surface area (TPSA) is 55.8 Å². The highest BCUT2D eigenvalue weighted by Gasteiger charge is 2.27. The number of nitrogens with zero attached hydrogens (tertiary/aromatic N) is 1. The third-order valence-electron chi connectivity index (χ3n) is 2.57. The van der Waals surface area contributed by atoms with Gasteiger partial charge in [0.25, 0.3) is 0 Å². The third-order valence-corrected chi connectivity index (χ3v) is 2.57. The second-order valence-electron chi connectivity index (χ2n) is 5.57. The molecule has 0 aliphatic carbocycles. The van der Waals surface area contributed by atoms with Gasteiger partial charge in [-0.25, -0.2) is 9.59 Å². The summed E-state index contributed by atoms with van der Waals surface area (Å²) in [6.45, 7) is 14.9. The molecule has 5 heteroatoms. The van der Waals surface area contributed by atoms with Crippen LogP contribution in [0.15, 0.2) is 24.9 Å². The van der Waals surface area contributed by atoms with E-state index in [9.17, 15) is 9.59 Å². The van der Waals surface area contributed by atoms with E-state index in [1.165, 1.54) is 12.0 Å². The molecule has 0 saturated carbocycles. The lowest BCUT2D eigenvalue weighted by molar-refractivity contribution is -0.137. The van der Waals surface area contributed by atoms with Crippen molar-refractivity contribution in [3.63, 3.8) is 0 Å². The summed E-state index contributed by atoms with van der Waals surface area (Å²) in [5.74, 6) is -0.438. The second-order valence-corrected chi connectivity index (χ2v) is 5.57. The van der Waals surface area contributed by atoms with Gasteiger partial charge in [-0.15, -0.1) is 6.58 Å². The zero-order valence-corrected chi connectivity index (χ0v) is 13.1. The average Bonchev–Trinajstić information content (AvgIpc) is 2.35. The van der Waals surface area contributed by atoms with Crippen LogP contribution in [0.3, 0.4) is 0 Å². The van der Waals surface area contributed by atoms with Crippen LogP contribution in [0.5, 0.6) is 0 Å². The first-order chi connectivity index (χ1) is 9.12. The van der Waals surface area contributed by atoms with E-state index >= 15 is 0 Å². The van der Waals surface area contributed by atoms with Crippen molar-refractivity contribution in [1.82, 2.24) is 4.90 Å². The Balaban J connectivity index is 4.95. The van der Waals surface area contributed by atoms with Gasteiger partial charge in [-0.2, -0.15) is 0 Å². The van der Waals surface area contributed by atoms with Crippen LogP contribution in [-0.2, 0) is 14.3 Å². The maximum Gasteiger partial charge on any atom is 0.415 e. The first-order valence-electron chi connectivity index (χ1n) is 6.52. The van der Waals surface area contributed by atoms with E-state index in [-0.39, 0.29) is 11.6 Å². The second kappa shape index (κ2) is 7.72. The molecule has 0 aliphatic heterocycles. The van der Waals surface area contributed by atoms with Crippen LogP contribution in [0.4, 0.5) is 4.79 Å². The monoisotopic (exact) mass is 283 g/mol. The van der Waals surface area contributed by atoms with Gasteiger partial charge in [-0.3, -0.25) is 4.90 Å². The van der Waals surface area contributed by atoms with Crippen molar-refractivity contribution in [2.75, 3.05) is 13.7 Å². The highest BCUT2D eigenvalue weighted by molar-refractivity contribution is 5.91. The van der Waals surface area contributed by atoms with E-state index in [1.807, 2.05) is 6.92 Å². The average molecular weight is 283 g/mol. The molecule has 0 rings (SSSR count). The zero-order chi connectivity index (χ0) is 15.9. The quantitative estimate of drug-likeness (QED) is 0.427. The predicted octanol–water partition coefficient (Wildman–Crippen LogP) is 3.12. The summed E-state index contributed by atoms with van der Waals surface area (Å²) in [5.41, 5.74) is -0.673. The highest BCUT2D eigenvalue weighted by Crippen LogP contribution is 2.16. The first-order valence-corrected chi connectivity index (χ1v) is 6.52. The van der Waals surface area contributed by atoms with Crippen LogP contribution in [0.2, 0.25) is 0 Å². The molecule has 20 heavy (non-hydrogen) atoms. The van der Waals surface area contributed by atoms with E-state index in [0.29, 0.717) is 13.0 Å². The molecule has 0 heterocycles. The summed E-state index contributed by atoms with van der Waals surface area (Å²) in [6, 6.07) is 0. The Bertz CT molecular complexity index is 382. The van der Waals surface area contributed by atoms with Crippen molar-refractivity contribution < 1.29 is 19.1 Å². The van der Waals surface area contributed by atoms with E-state index in [0.717, 1.165) is 0 Å². The molecule has 0 aromatic rings. The lowest BCUT2D eigenvalue weighted by Crippen LogP contribution is -2.39. The maximum atomic E-state index is 12.1. The highest BCUT2D eigenvalue weighted by atomic mass is 16.6. The van der Waals surface area contributed by atoms with Crippen molar-refractivity contribution in [1.29, 1.82) is 0 Å². The number of hydrogen-bond acceptors (Lipinski definition) is 4. The first kappa shape index (κ1) is 18.2. The lowest BCUT2D eigenvalue weighted by atomic mass is 10.1. The number of hydrogen-bond donors (Lipinski definition) is 0. The molecule has 0 N–H and O–H groups in total. The maximum absolute atomic E-state index is 12.1. The number of rotatable bonds is 6. The molecule has 1 atom stereocenters. The number of ether oxygens (including phenoxy) is 2. The predicted molar refractivity (Wildman–Crippen MR) is 78.1 cm³/mol. The molecule has 1 amide bonds. The third kappa shape index (κ3) is 6.41. The van der Waals surface area contributed by atoms with Gasteiger partial charge in [0.1, 0.15) is 11.3 Å². The summed E-state index contributed by atoms with van der Waals surface area (Å²) in [7, 11) is 1.24. The van der Waals surface area contributed by atoms with Crippen molar-refractivity contribution in [3.05, 3.63) is 24.9 Å². The number of esters is 1. The number of methoxy groups -OCH3 is 1. The molecular weight excluding hydrogens is 258 g/mol. The summed E-state index contributed by atoms with van der Waals surface area (Å²) < 4.78 is 9.87. The molecule has 114 valence electrons. The Kier molecular flexibility index (Phi) is 7.04. The van der Waals surface area contributed by atoms with Crippen LogP contribution in [0, 0.1) is 5.92 Å². The van der Waals surface area contributed by atoms with Gasteiger partial charge in [0.15, 0.2) is 0 Å². The Morgan fingerprint density at radius 2 is 1.90 bits per heavy atom. The molecule has 0 aliphatic rings. The van der Waals surface area contributed by atoms with Crippen molar-refractivity contribution >= 4 is 12.1 Å². The SMILES string of the molecule is C=CC(C)CCN(C(=C)C(=O)OC)C(=O)OC(C)(C)C. The minimum absolute atomic E-state index is 0.0296. The Morgan fingerprint density at radius 3 is 2.30 bits per heavy atom. The molecule has 1 unspecified atom stereocenters. The molecule has 5 nitrogen and oxygen atoms in total. The summed E-state index contributed by atoms with van der Waals surface area (Å²) in [5, 5.41) is 0. The molecule has 0 aromatic carbocycles. The summed E-state index contributed by atoms with van der Waals surface area (Å²) >= 11 is 0. The fourth-order valence-corrected chi connectivity index (χ4v) is 1.33. The minimum Gasteiger partial charge on any atom is -0.464 e. The van der Waals surface area contributed by atoms with E-state index in [4.69, 9.17) is 4.74 Å². The van der Waals surface area contributed by atoms with E-state index in [1.54, 1.807) is 26.8 Å². The van der Waals surface area contributed by atoms with Crippen LogP contribution < -0.4 is 0 Å². The largest absolute Gasteiger partial charge is 0.464 e. The standard InChI is InChI=1S/C15H25NO4/c1-8-11(2)9-10-16(12(3)13(17)19-7)14(18)20-15(4,5)6/h8,11H,1,3,9-10H2,2,4-7H3. The van der Waals surface area contributed by atoms with Gasteiger partial charge < -0.3 is 9.47 Å². The van der Waals surface area contributed by atoms with Gasteiger partial charge in [-0.1, -0.05) is 19.6 Å². The zero-order valence-electron chi connectivity index (χ0n) is 13.1. The molecule has 0 fully saturated rings. The molecule has 0 aromatic heterocycles. The molecule has 0 spiro atoms. The van der Waals surface area contributed by atoms with Crippen molar-refractivity contribution in [3.8, 4) is 0 Å². The van der Waals surface area contributed by atoms with Crippen LogP contribution >= 0.6 is 0 Å². The summed E-state index contributed by atoms with van der Waals surface area (Å²) in [4.78, 5) is 24.9. The molecular formula is C15H25NO4. The Labute approximate surface area is 121 Å². The minimum atomic E-state index is -0.651. The number of allylic oxidation sites excluding steroid dienone is 1. The van der Waals surface area contributed by atoms with E-state index < -0.39 is 17.7 Å². The van der Waals surface area contributed by atoms with Gasteiger partial charge in [0.05, 0.1) is 7.11 Å². The van der Waals surface area contributed by atoms with Crippen LogP contribution in [-0.4, -0.2) is 36.2 Å². The van der Waals surface area contributed by atoms with Gasteiger partial charge >= 0.3 is 12.1 Å². The van der Waals surface area contributed by atoms with Gasteiger partial charge in [0, 0.05) is 6.54 Å². The van der Waals surface area contributed by atoms with E-state index in [2.05, 4.69) is 17.9 Å². The lowest BCUT2D eigenvalue weighted by Gasteiger charge is -2.28. The fraction of sp³-hybridized carbons (Fsp3) is 0.600. The molecule has 0 radical (unpaired) electrons.